The Morgan fingerprint density at radius 3 is 2.79 bits per heavy atom. The van der Waals surface area contributed by atoms with E-state index in [2.05, 4.69) is 5.32 Å². The highest BCUT2D eigenvalue weighted by Gasteiger charge is 2.41. The number of nitrogens with one attached hydrogen (secondary N) is 1. The number of hydrogen-bond donors (Lipinski definition) is 1. The van der Waals surface area contributed by atoms with Crippen LogP contribution in [0.4, 0.5) is 16.2 Å². The maximum absolute atomic E-state index is 12.6. The Labute approximate surface area is 142 Å². The van der Waals surface area contributed by atoms with Crippen molar-refractivity contribution in [3.05, 3.63) is 24.3 Å². The first-order chi connectivity index (χ1) is 11.5. The van der Waals surface area contributed by atoms with Gasteiger partial charge >= 0.3 is 6.03 Å². The number of rotatable bonds is 2. The van der Waals surface area contributed by atoms with Gasteiger partial charge in [0, 0.05) is 43.9 Å². The van der Waals surface area contributed by atoms with E-state index in [1.165, 1.54) is 13.3 Å². The first kappa shape index (κ1) is 16.8. The van der Waals surface area contributed by atoms with Crippen LogP contribution < -0.4 is 10.2 Å². The number of carbonyl (C=O) groups is 2. The van der Waals surface area contributed by atoms with Gasteiger partial charge in [-0.25, -0.2) is 4.79 Å². The SMILES string of the molecule is CC(=O)N(C)c1cccc(NC(=O)N2CCOCC3(CCC3)C2)c1. The van der Waals surface area contributed by atoms with Gasteiger partial charge in [0.05, 0.1) is 13.2 Å². The molecule has 1 aromatic carbocycles. The van der Waals surface area contributed by atoms with Gasteiger partial charge in [-0.1, -0.05) is 12.5 Å². The summed E-state index contributed by atoms with van der Waals surface area (Å²) in [4.78, 5) is 27.5. The summed E-state index contributed by atoms with van der Waals surface area (Å²) < 4.78 is 5.69. The fourth-order valence-electron chi connectivity index (χ4n) is 3.32. The number of carbonyl (C=O) groups excluding carboxylic acids is 2. The minimum absolute atomic E-state index is 0.0462. The van der Waals surface area contributed by atoms with Gasteiger partial charge in [0.1, 0.15) is 0 Å². The predicted octanol–water partition coefficient (Wildman–Crippen LogP) is 2.70. The zero-order chi connectivity index (χ0) is 17.2. The standard InChI is InChI=1S/C18H25N3O3/c1-14(22)20(2)16-6-3-5-15(11-16)19-17(23)21-9-10-24-13-18(12-21)7-4-8-18/h3,5-6,11H,4,7-10,12-13H2,1-2H3,(H,19,23). The first-order valence-electron chi connectivity index (χ1n) is 8.47. The quantitative estimate of drug-likeness (QED) is 0.906. The molecule has 1 saturated heterocycles. The third-order valence-corrected chi connectivity index (χ3v) is 5.10. The molecule has 2 aliphatic rings. The number of urea groups is 1. The van der Waals surface area contributed by atoms with E-state index in [9.17, 15) is 9.59 Å². The lowest BCUT2D eigenvalue weighted by Gasteiger charge is -2.42. The van der Waals surface area contributed by atoms with Crippen LogP contribution in [0.5, 0.6) is 0 Å². The van der Waals surface area contributed by atoms with Crippen LogP contribution in [0.2, 0.25) is 0 Å². The van der Waals surface area contributed by atoms with Gasteiger partial charge in [-0.3, -0.25) is 4.79 Å². The van der Waals surface area contributed by atoms with Crippen LogP contribution in [-0.4, -0.2) is 50.2 Å². The number of anilines is 2. The molecule has 0 bridgehead atoms. The molecule has 0 radical (unpaired) electrons. The van der Waals surface area contributed by atoms with Crippen molar-refractivity contribution in [2.24, 2.45) is 5.41 Å². The molecule has 24 heavy (non-hydrogen) atoms. The maximum Gasteiger partial charge on any atom is 0.321 e. The fourth-order valence-corrected chi connectivity index (χ4v) is 3.32. The van der Waals surface area contributed by atoms with Gasteiger partial charge in [0.25, 0.3) is 0 Å². The zero-order valence-electron chi connectivity index (χ0n) is 14.4. The molecule has 0 aromatic heterocycles. The molecular formula is C18H25N3O3. The van der Waals surface area contributed by atoms with Crippen molar-refractivity contribution in [1.29, 1.82) is 0 Å². The Kier molecular flexibility index (Phi) is 4.76. The van der Waals surface area contributed by atoms with Gasteiger partial charge < -0.3 is 19.9 Å². The van der Waals surface area contributed by atoms with E-state index in [0.717, 1.165) is 31.7 Å². The third kappa shape index (κ3) is 3.53. The summed E-state index contributed by atoms with van der Waals surface area (Å²) in [5.41, 5.74) is 1.61. The summed E-state index contributed by atoms with van der Waals surface area (Å²) in [5.74, 6) is -0.0462. The number of nitrogens with zero attached hydrogens (tertiary/aromatic N) is 2. The Morgan fingerprint density at radius 1 is 1.33 bits per heavy atom. The topological polar surface area (TPSA) is 61.9 Å². The van der Waals surface area contributed by atoms with Crippen LogP contribution in [-0.2, 0) is 9.53 Å². The van der Waals surface area contributed by atoms with Gasteiger partial charge in [-0.15, -0.1) is 0 Å². The highest BCUT2D eigenvalue weighted by atomic mass is 16.5. The van der Waals surface area contributed by atoms with Gasteiger partial charge in [0.15, 0.2) is 0 Å². The average molecular weight is 331 g/mol. The molecule has 1 aliphatic carbocycles. The average Bonchev–Trinajstić information content (AvgIpc) is 2.77. The van der Waals surface area contributed by atoms with Crippen molar-refractivity contribution < 1.29 is 14.3 Å². The first-order valence-corrected chi connectivity index (χ1v) is 8.47. The zero-order valence-corrected chi connectivity index (χ0v) is 14.4. The molecule has 0 unspecified atom stereocenters. The molecule has 1 N–H and O–H groups in total. The number of benzene rings is 1. The summed E-state index contributed by atoms with van der Waals surface area (Å²) in [6.07, 6.45) is 3.49. The van der Waals surface area contributed by atoms with Gasteiger partial charge in [-0.05, 0) is 31.0 Å². The maximum atomic E-state index is 12.6. The molecule has 0 atom stereocenters. The molecule has 6 nitrogen and oxygen atoms in total. The highest BCUT2D eigenvalue weighted by molar-refractivity contribution is 5.93. The van der Waals surface area contributed by atoms with Crippen molar-refractivity contribution in [2.75, 3.05) is 43.6 Å². The summed E-state index contributed by atoms with van der Waals surface area (Å²) in [6.45, 7) is 4.23. The summed E-state index contributed by atoms with van der Waals surface area (Å²) >= 11 is 0. The van der Waals surface area contributed by atoms with Crippen molar-refractivity contribution in [3.8, 4) is 0 Å². The second kappa shape index (κ2) is 6.81. The molecule has 3 amide bonds. The Hall–Kier alpha value is -2.08. The lowest BCUT2D eigenvalue weighted by Crippen LogP contribution is -2.46. The van der Waals surface area contributed by atoms with Crippen LogP contribution in [0.3, 0.4) is 0 Å². The molecule has 6 heteroatoms. The van der Waals surface area contributed by atoms with Crippen LogP contribution in [0, 0.1) is 5.41 Å². The molecule has 1 heterocycles. The monoisotopic (exact) mass is 331 g/mol. The van der Waals surface area contributed by atoms with Crippen LogP contribution in [0.25, 0.3) is 0 Å². The fraction of sp³-hybridized carbons (Fsp3) is 0.556. The summed E-state index contributed by atoms with van der Waals surface area (Å²) in [6, 6.07) is 7.23. The Balaban J connectivity index is 1.67. The smallest absolute Gasteiger partial charge is 0.321 e. The molecule has 1 aromatic rings. The second-order valence-corrected chi connectivity index (χ2v) is 6.89. The molecule has 1 spiro atoms. The van der Waals surface area contributed by atoms with Crippen molar-refractivity contribution in [1.82, 2.24) is 4.90 Å². The van der Waals surface area contributed by atoms with E-state index in [-0.39, 0.29) is 17.4 Å². The number of amides is 3. The van der Waals surface area contributed by atoms with E-state index in [4.69, 9.17) is 4.74 Å². The normalized spacial score (nSPS) is 19.3. The molecule has 1 saturated carbocycles. The molecular weight excluding hydrogens is 306 g/mol. The van der Waals surface area contributed by atoms with Crippen molar-refractivity contribution >= 4 is 23.3 Å². The van der Waals surface area contributed by atoms with Gasteiger partial charge in [-0.2, -0.15) is 0 Å². The van der Waals surface area contributed by atoms with Crippen LogP contribution in [0.15, 0.2) is 24.3 Å². The van der Waals surface area contributed by atoms with E-state index < -0.39 is 0 Å². The lowest BCUT2D eigenvalue weighted by molar-refractivity contribution is -0.116. The molecule has 2 fully saturated rings. The Morgan fingerprint density at radius 2 is 2.12 bits per heavy atom. The Bertz CT molecular complexity index is 628. The lowest BCUT2D eigenvalue weighted by atomic mass is 9.69. The van der Waals surface area contributed by atoms with Crippen LogP contribution >= 0.6 is 0 Å². The van der Waals surface area contributed by atoms with Crippen LogP contribution in [0.1, 0.15) is 26.2 Å². The largest absolute Gasteiger partial charge is 0.379 e. The number of hydrogen-bond acceptors (Lipinski definition) is 3. The van der Waals surface area contributed by atoms with E-state index in [1.807, 2.05) is 29.2 Å². The van der Waals surface area contributed by atoms with E-state index in [0.29, 0.717) is 18.8 Å². The molecule has 1 aliphatic heterocycles. The minimum Gasteiger partial charge on any atom is -0.379 e. The molecule has 130 valence electrons. The summed E-state index contributed by atoms with van der Waals surface area (Å²) in [5, 5.41) is 2.95. The van der Waals surface area contributed by atoms with Crippen molar-refractivity contribution in [3.63, 3.8) is 0 Å². The van der Waals surface area contributed by atoms with Crippen molar-refractivity contribution in [2.45, 2.75) is 26.2 Å². The summed E-state index contributed by atoms with van der Waals surface area (Å²) in [7, 11) is 1.72. The number of ether oxygens (including phenoxy) is 1. The second-order valence-electron chi connectivity index (χ2n) is 6.89. The predicted molar refractivity (Wildman–Crippen MR) is 93.2 cm³/mol. The highest BCUT2D eigenvalue weighted by Crippen LogP contribution is 2.42. The van der Waals surface area contributed by atoms with E-state index >= 15 is 0 Å². The van der Waals surface area contributed by atoms with Gasteiger partial charge in [0.2, 0.25) is 5.91 Å². The molecule has 3 rings (SSSR count). The third-order valence-electron chi connectivity index (χ3n) is 5.10. The van der Waals surface area contributed by atoms with E-state index in [1.54, 1.807) is 11.9 Å². The minimum atomic E-state index is -0.102.